The zero-order valence-corrected chi connectivity index (χ0v) is 17.8. The molecule has 0 aliphatic carbocycles. The third-order valence-electron chi connectivity index (χ3n) is 4.16. The molecule has 0 aromatic heterocycles. The van der Waals surface area contributed by atoms with Gasteiger partial charge in [-0.15, -0.1) is 11.8 Å². The second-order valence-electron chi connectivity index (χ2n) is 6.39. The first-order valence-corrected chi connectivity index (χ1v) is 10.3. The topological polar surface area (TPSA) is 88.1 Å². The number of halogens is 1. The van der Waals surface area contributed by atoms with Gasteiger partial charge in [0, 0.05) is 25.8 Å². The normalized spacial score (nSPS) is 27.0. The van der Waals surface area contributed by atoms with Crippen molar-refractivity contribution in [3.63, 3.8) is 0 Å². The van der Waals surface area contributed by atoms with Crippen molar-refractivity contribution in [3.05, 3.63) is 34.3 Å². The number of hydrogen-bond acceptors (Lipinski definition) is 8. The van der Waals surface area contributed by atoms with Crippen LogP contribution in [0.25, 0.3) is 0 Å². The van der Waals surface area contributed by atoms with E-state index >= 15 is 0 Å². The maximum Gasteiger partial charge on any atom is 0.303 e. The average molecular weight is 431 g/mol. The molecule has 0 amide bonds. The molecule has 1 aromatic rings. The summed E-state index contributed by atoms with van der Waals surface area (Å²) in [5.74, 6) is -1.75. The molecule has 0 bridgehead atoms. The molecule has 7 nitrogen and oxygen atoms in total. The minimum absolute atomic E-state index is 0.523. The van der Waals surface area contributed by atoms with Gasteiger partial charge in [0.05, 0.1) is 0 Å². The molecule has 0 radical (unpaired) electrons. The van der Waals surface area contributed by atoms with Crippen LogP contribution < -0.4 is 0 Å². The second kappa shape index (κ2) is 9.62. The van der Waals surface area contributed by atoms with E-state index in [4.69, 9.17) is 30.5 Å². The van der Waals surface area contributed by atoms with Gasteiger partial charge in [-0.25, -0.2) is 0 Å². The predicted molar refractivity (Wildman–Crippen MR) is 104 cm³/mol. The summed E-state index contributed by atoms with van der Waals surface area (Å²) in [5, 5.41) is 0.523. The van der Waals surface area contributed by atoms with Crippen LogP contribution in [0.2, 0.25) is 5.02 Å². The Kier molecular flexibility index (Phi) is 7.74. The Morgan fingerprint density at radius 2 is 1.50 bits per heavy atom. The summed E-state index contributed by atoms with van der Waals surface area (Å²) in [7, 11) is 0. The highest BCUT2D eigenvalue weighted by molar-refractivity contribution is 7.99. The lowest BCUT2D eigenvalue weighted by Gasteiger charge is -2.44. The van der Waals surface area contributed by atoms with Crippen LogP contribution in [-0.2, 0) is 33.3 Å². The Labute approximate surface area is 173 Å². The highest BCUT2D eigenvalue weighted by atomic mass is 35.5. The standard InChI is InChI=1S/C19H23ClO7S/c1-9-6-7-13(8-14(9)20)15-16(24-10(2)21)17(25-11(3)22)18(26-12(4)23)19(27-15)28-5/h6-8,15-19H,1-5H3/t15?,16-,17+,18-,19+/m0/s1. The minimum Gasteiger partial charge on any atom is -0.455 e. The molecule has 1 aliphatic heterocycles. The molecule has 1 heterocycles. The van der Waals surface area contributed by atoms with Crippen LogP contribution in [0.3, 0.4) is 0 Å². The number of carbonyl (C=O) groups excluding carboxylic acids is 3. The largest absolute Gasteiger partial charge is 0.455 e. The van der Waals surface area contributed by atoms with Crippen LogP contribution in [-0.4, -0.2) is 47.9 Å². The summed E-state index contributed by atoms with van der Waals surface area (Å²) in [6, 6.07) is 5.34. The first kappa shape index (κ1) is 22.5. The molecule has 154 valence electrons. The number of benzene rings is 1. The van der Waals surface area contributed by atoms with Crippen LogP contribution in [0.15, 0.2) is 18.2 Å². The molecular weight excluding hydrogens is 408 g/mol. The van der Waals surface area contributed by atoms with E-state index in [1.165, 1.54) is 32.5 Å². The highest BCUT2D eigenvalue weighted by Gasteiger charge is 2.52. The SMILES string of the molecule is CS[C@H]1OC(c2ccc(C)c(Cl)c2)[C@H](OC(C)=O)[C@@H](OC(C)=O)[C@@H]1OC(C)=O. The van der Waals surface area contributed by atoms with Gasteiger partial charge in [0.1, 0.15) is 11.5 Å². The molecular formula is C19H23ClO7S. The Bertz CT molecular complexity index is 754. The molecule has 1 saturated heterocycles. The van der Waals surface area contributed by atoms with Gasteiger partial charge in [-0.1, -0.05) is 23.7 Å². The van der Waals surface area contributed by atoms with Gasteiger partial charge in [0.2, 0.25) is 0 Å². The van der Waals surface area contributed by atoms with E-state index in [-0.39, 0.29) is 0 Å². The Morgan fingerprint density at radius 1 is 0.964 bits per heavy atom. The number of hydrogen-bond donors (Lipinski definition) is 0. The maximum absolute atomic E-state index is 11.8. The fourth-order valence-electron chi connectivity index (χ4n) is 3.02. The summed E-state index contributed by atoms with van der Waals surface area (Å²) < 4.78 is 22.4. The molecule has 0 N–H and O–H groups in total. The van der Waals surface area contributed by atoms with Crippen LogP contribution >= 0.6 is 23.4 Å². The Morgan fingerprint density at radius 3 is 2.00 bits per heavy atom. The number of esters is 3. The quantitative estimate of drug-likeness (QED) is 0.519. The minimum atomic E-state index is -1.04. The molecule has 5 atom stereocenters. The molecule has 0 spiro atoms. The van der Waals surface area contributed by atoms with Crippen molar-refractivity contribution < 1.29 is 33.3 Å². The smallest absolute Gasteiger partial charge is 0.303 e. The first-order chi connectivity index (χ1) is 13.1. The third kappa shape index (κ3) is 5.40. The van der Waals surface area contributed by atoms with Crippen LogP contribution in [0, 0.1) is 6.92 Å². The molecule has 1 unspecified atom stereocenters. The van der Waals surface area contributed by atoms with E-state index in [0.29, 0.717) is 10.6 Å². The van der Waals surface area contributed by atoms with Crippen LogP contribution in [0.4, 0.5) is 0 Å². The average Bonchev–Trinajstić information content (AvgIpc) is 2.59. The van der Waals surface area contributed by atoms with E-state index < -0.39 is 47.8 Å². The van der Waals surface area contributed by atoms with Crippen molar-refractivity contribution in [1.82, 2.24) is 0 Å². The third-order valence-corrected chi connectivity index (χ3v) is 5.41. The molecule has 1 fully saturated rings. The van der Waals surface area contributed by atoms with Crippen LogP contribution in [0.5, 0.6) is 0 Å². The lowest BCUT2D eigenvalue weighted by atomic mass is 9.93. The summed E-state index contributed by atoms with van der Waals surface area (Å²) in [4.78, 5) is 35.1. The predicted octanol–water partition coefficient (Wildman–Crippen LogP) is 3.20. The summed E-state index contributed by atoms with van der Waals surface area (Å²) in [6.07, 6.45) is -2.00. The van der Waals surface area contributed by atoms with Gasteiger partial charge in [0.15, 0.2) is 18.3 Å². The maximum atomic E-state index is 11.8. The fraction of sp³-hybridized carbons (Fsp3) is 0.526. The van der Waals surface area contributed by atoms with Gasteiger partial charge < -0.3 is 18.9 Å². The van der Waals surface area contributed by atoms with Crippen molar-refractivity contribution in [2.75, 3.05) is 6.26 Å². The number of ether oxygens (including phenoxy) is 4. The number of carbonyl (C=O) groups is 3. The van der Waals surface area contributed by atoms with E-state index in [2.05, 4.69) is 0 Å². The zero-order chi connectivity index (χ0) is 21.0. The summed E-state index contributed by atoms with van der Waals surface area (Å²) in [6.45, 7) is 5.58. The monoisotopic (exact) mass is 430 g/mol. The van der Waals surface area contributed by atoms with E-state index in [0.717, 1.165) is 5.56 Å². The van der Waals surface area contributed by atoms with E-state index in [1.807, 2.05) is 13.0 Å². The number of thioether (sulfide) groups is 1. The molecule has 2 rings (SSSR count). The lowest BCUT2D eigenvalue weighted by Crippen LogP contribution is -2.57. The van der Waals surface area contributed by atoms with Crippen molar-refractivity contribution in [2.24, 2.45) is 0 Å². The molecule has 28 heavy (non-hydrogen) atoms. The summed E-state index contributed by atoms with van der Waals surface area (Å²) in [5.41, 5.74) is 0.880. The van der Waals surface area contributed by atoms with Crippen molar-refractivity contribution in [1.29, 1.82) is 0 Å². The molecule has 1 aliphatic rings. The van der Waals surface area contributed by atoms with Crippen molar-refractivity contribution in [2.45, 2.75) is 57.5 Å². The Balaban J connectivity index is 2.53. The molecule has 1 aromatic carbocycles. The van der Waals surface area contributed by atoms with Gasteiger partial charge in [-0.2, -0.15) is 0 Å². The fourth-order valence-corrected chi connectivity index (χ4v) is 3.92. The first-order valence-electron chi connectivity index (χ1n) is 8.60. The van der Waals surface area contributed by atoms with Gasteiger partial charge in [-0.3, -0.25) is 14.4 Å². The molecule has 9 heteroatoms. The highest BCUT2D eigenvalue weighted by Crippen LogP contribution is 2.41. The second-order valence-corrected chi connectivity index (χ2v) is 7.73. The van der Waals surface area contributed by atoms with Crippen molar-refractivity contribution in [3.8, 4) is 0 Å². The lowest BCUT2D eigenvalue weighted by molar-refractivity contribution is -0.233. The number of aryl methyl sites for hydroxylation is 1. The van der Waals surface area contributed by atoms with Gasteiger partial charge in [-0.05, 0) is 30.4 Å². The van der Waals surface area contributed by atoms with E-state index in [1.54, 1.807) is 18.4 Å². The van der Waals surface area contributed by atoms with Crippen molar-refractivity contribution >= 4 is 41.3 Å². The van der Waals surface area contributed by atoms with Gasteiger partial charge in [0.25, 0.3) is 0 Å². The van der Waals surface area contributed by atoms with E-state index in [9.17, 15) is 14.4 Å². The molecule has 0 saturated carbocycles. The van der Waals surface area contributed by atoms with Crippen LogP contribution in [0.1, 0.15) is 38.0 Å². The Hall–Kier alpha value is -1.77. The summed E-state index contributed by atoms with van der Waals surface area (Å²) >= 11 is 7.54. The number of rotatable bonds is 5. The van der Waals surface area contributed by atoms with Gasteiger partial charge >= 0.3 is 17.9 Å². The zero-order valence-electron chi connectivity index (χ0n) is 16.3.